The minimum Gasteiger partial charge on any atom is -0.493 e. The van der Waals surface area contributed by atoms with Gasteiger partial charge >= 0.3 is 0 Å². The molecule has 0 spiro atoms. The van der Waals surface area contributed by atoms with E-state index < -0.39 is 0 Å². The van der Waals surface area contributed by atoms with E-state index in [4.69, 9.17) is 21.7 Å². The van der Waals surface area contributed by atoms with Gasteiger partial charge in [-0.3, -0.25) is 0 Å². The number of ether oxygens (including phenoxy) is 2. The van der Waals surface area contributed by atoms with Crippen LogP contribution in [0.2, 0.25) is 0 Å². The summed E-state index contributed by atoms with van der Waals surface area (Å²) in [7, 11) is 3.20. The highest BCUT2D eigenvalue weighted by Crippen LogP contribution is 2.26. The fraction of sp³-hybridized carbons (Fsp3) is 0.231. The molecule has 0 fully saturated rings. The standard InChI is InChI=1S/C13H17N3O2S/c1-4-7-14-13(19)16-15-9-10-5-6-11(17-2)12(8-10)18-3/h4-6,8-9H,1,7H2,2-3H3,(H2,14,16,19)/p+1. The molecule has 1 aromatic rings. The number of nitrogens with one attached hydrogen (secondary N) is 3. The molecule has 0 saturated heterocycles. The van der Waals surface area contributed by atoms with Gasteiger partial charge in [-0.25, -0.2) is 0 Å². The van der Waals surface area contributed by atoms with Crippen molar-refractivity contribution in [1.29, 1.82) is 0 Å². The fourth-order valence-corrected chi connectivity index (χ4v) is 1.48. The van der Waals surface area contributed by atoms with Crippen LogP contribution in [0.25, 0.3) is 0 Å². The minimum absolute atomic E-state index is 0.497. The van der Waals surface area contributed by atoms with Crippen LogP contribution in [0.4, 0.5) is 0 Å². The SMILES string of the molecule is C=CCNC(=S)N[NH+]=Cc1ccc(OC)c(OC)c1. The molecule has 1 aromatic carbocycles. The van der Waals surface area contributed by atoms with E-state index in [0.717, 1.165) is 5.56 Å². The number of hydrogen-bond acceptors (Lipinski definition) is 3. The average Bonchev–Trinajstić information content (AvgIpc) is 2.44. The van der Waals surface area contributed by atoms with Crippen LogP contribution in [-0.2, 0) is 0 Å². The lowest BCUT2D eigenvalue weighted by molar-refractivity contribution is -0.500. The second-order valence-corrected chi connectivity index (χ2v) is 3.94. The number of hydrogen-bond donors (Lipinski definition) is 3. The van der Waals surface area contributed by atoms with E-state index in [1.165, 1.54) is 0 Å². The number of thiocarbonyl (C=S) groups is 1. The topological polar surface area (TPSA) is 56.5 Å². The van der Waals surface area contributed by atoms with Gasteiger partial charge in [0.05, 0.1) is 14.2 Å². The molecule has 0 unspecified atom stereocenters. The normalized spacial score (nSPS) is 10.0. The summed E-state index contributed by atoms with van der Waals surface area (Å²) >= 11 is 5.03. The van der Waals surface area contributed by atoms with Crippen molar-refractivity contribution in [1.82, 2.24) is 10.7 Å². The molecule has 19 heavy (non-hydrogen) atoms. The molecule has 0 aliphatic carbocycles. The first-order valence-electron chi connectivity index (χ1n) is 5.66. The van der Waals surface area contributed by atoms with Crippen molar-refractivity contribution in [2.24, 2.45) is 0 Å². The Morgan fingerprint density at radius 1 is 1.37 bits per heavy atom. The molecule has 0 atom stereocenters. The predicted molar refractivity (Wildman–Crippen MR) is 79.6 cm³/mol. The van der Waals surface area contributed by atoms with Gasteiger partial charge in [0.15, 0.2) is 17.7 Å². The van der Waals surface area contributed by atoms with Gasteiger partial charge in [-0.05, 0) is 30.4 Å². The van der Waals surface area contributed by atoms with Crippen LogP contribution < -0.4 is 25.3 Å². The van der Waals surface area contributed by atoms with Gasteiger partial charge in [0.1, 0.15) is 0 Å². The predicted octanol–water partition coefficient (Wildman–Crippen LogP) is -0.232. The molecule has 0 aliphatic rings. The highest BCUT2D eigenvalue weighted by Gasteiger charge is 2.04. The zero-order valence-corrected chi connectivity index (χ0v) is 11.8. The van der Waals surface area contributed by atoms with Crippen molar-refractivity contribution < 1.29 is 14.6 Å². The first kappa shape index (κ1) is 15.0. The highest BCUT2D eigenvalue weighted by molar-refractivity contribution is 7.80. The van der Waals surface area contributed by atoms with E-state index >= 15 is 0 Å². The van der Waals surface area contributed by atoms with Crippen LogP contribution in [0.3, 0.4) is 0 Å². The van der Waals surface area contributed by atoms with Gasteiger partial charge in [0, 0.05) is 12.1 Å². The van der Waals surface area contributed by atoms with E-state index in [1.54, 1.807) is 26.5 Å². The monoisotopic (exact) mass is 280 g/mol. The summed E-state index contributed by atoms with van der Waals surface area (Å²) in [5.74, 6) is 1.36. The second kappa shape index (κ2) is 8.10. The van der Waals surface area contributed by atoms with E-state index in [0.29, 0.717) is 23.2 Å². The molecule has 6 heteroatoms. The molecule has 102 valence electrons. The number of hydrazone groups is 1. The molecule has 0 aromatic heterocycles. The van der Waals surface area contributed by atoms with Gasteiger partial charge in [-0.15, -0.1) is 17.1 Å². The lowest BCUT2D eigenvalue weighted by Crippen LogP contribution is -2.82. The number of rotatable bonds is 6. The summed E-state index contributed by atoms with van der Waals surface area (Å²) in [6, 6.07) is 5.59. The third-order valence-electron chi connectivity index (χ3n) is 2.24. The Morgan fingerprint density at radius 2 is 2.11 bits per heavy atom. The summed E-state index contributed by atoms with van der Waals surface area (Å²) in [4.78, 5) is 0. The van der Waals surface area contributed by atoms with Crippen molar-refractivity contribution in [2.75, 3.05) is 20.8 Å². The highest BCUT2D eigenvalue weighted by atomic mass is 32.1. The molecule has 3 N–H and O–H groups in total. The van der Waals surface area contributed by atoms with Gasteiger partial charge in [0.25, 0.3) is 0 Å². The van der Waals surface area contributed by atoms with Gasteiger partial charge in [-0.2, -0.15) is 0 Å². The van der Waals surface area contributed by atoms with Crippen molar-refractivity contribution in [3.05, 3.63) is 36.4 Å². The van der Waals surface area contributed by atoms with Crippen LogP contribution in [0, 0.1) is 0 Å². The third kappa shape index (κ3) is 4.97. The minimum atomic E-state index is 0.497. The third-order valence-corrected chi connectivity index (χ3v) is 2.49. The first-order valence-corrected chi connectivity index (χ1v) is 6.07. The number of benzene rings is 1. The van der Waals surface area contributed by atoms with Crippen molar-refractivity contribution >= 4 is 23.5 Å². The molecule has 0 aliphatic heterocycles. The number of methoxy groups -OCH3 is 2. The lowest BCUT2D eigenvalue weighted by Gasteiger charge is -2.06. The van der Waals surface area contributed by atoms with Crippen molar-refractivity contribution in [3.8, 4) is 11.5 Å². The molecule has 0 heterocycles. The van der Waals surface area contributed by atoms with Crippen LogP contribution in [0.15, 0.2) is 30.9 Å². The Hall–Kier alpha value is -2.08. The molecule has 0 radical (unpaired) electrons. The van der Waals surface area contributed by atoms with Crippen molar-refractivity contribution in [2.45, 2.75) is 0 Å². The maximum Gasteiger partial charge on any atom is 0.224 e. The summed E-state index contributed by atoms with van der Waals surface area (Å²) in [6.45, 7) is 4.21. The van der Waals surface area contributed by atoms with Crippen LogP contribution >= 0.6 is 12.2 Å². The zero-order valence-electron chi connectivity index (χ0n) is 11.0. The Balaban J connectivity index is 2.61. The molecular weight excluding hydrogens is 262 g/mol. The second-order valence-electron chi connectivity index (χ2n) is 3.53. The quantitative estimate of drug-likeness (QED) is 0.291. The maximum atomic E-state index is 5.22. The summed E-state index contributed by atoms with van der Waals surface area (Å²) < 4.78 is 10.4. The lowest BCUT2D eigenvalue weighted by atomic mass is 10.2. The van der Waals surface area contributed by atoms with E-state index in [-0.39, 0.29) is 0 Å². The average molecular weight is 280 g/mol. The largest absolute Gasteiger partial charge is 0.493 e. The van der Waals surface area contributed by atoms with Crippen LogP contribution in [0.1, 0.15) is 5.56 Å². The summed E-state index contributed by atoms with van der Waals surface area (Å²) in [5, 5.41) is 6.32. The van der Waals surface area contributed by atoms with Gasteiger partial charge in [0.2, 0.25) is 5.11 Å². The Kier molecular flexibility index (Phi) is 6.38. The van der Waals surface area contributed by atoms with E-state index in [1.807, 2.05) is 18.2 Å². The summed E-state index contributed by atoms with van der Waals surface area (Å²) in [6.07, 6.45) is 3.50. The Bertz CT molecular complexity index is 475. The fourth-order valence-electron chi connectivity index (χ4n) is 1.34. The molecule has 0 saturated carbocycles. The van der Waals surface area contributed by atoms with Crippen LogP contribution in [0.5, 0.6) is 11.5 Å². The molecule has 1 rings (SSSR count). The van der Waals surface area contributed by atoms with E-state index in [9.17, 15) is 0 Å². The molecular formula is C13H18N3O2S+. The first-order chi connectivity index (χ1) is 9.21. The Labute approximate surface area is 118 Å². The maximum absolute atomic E-state index is 5.22. The van der Waals surface area contributed by atoms with Gasteiger partial charge < -0.3 is 14.8 Å². The van der Waals surface area contributed by atoms with Gasteiger partial charge in [-0.1, -0.05) is 6.08 Å². The van der Waals surface area contributed by atoms with Crippen molar-refractivity contribution in [3.63, 3.8) is 0 Å². The Morgan fingerprint density at radius 3 is 2.74 bits per heavy atom. The molecule has 0 amide bonds. The summed E-state index contributed by atoms with van der Waals surface area (Å²) in [5.41, 5.74) is 3.75. The molecule has 5 nitrogen and oxygen atoms in total. The molecule has 0 bridgehead atoms. The zero-order chi connectivity index (χ0) is 14.1. The van der Waals surface area contributed by atoms with Crippen LogP contribution in [-0.4, -0.2) is 32.1 Å². The van der Waals surface area contributed by atoms with E-state index in [2.05, 4.69) is 22.4 Å². The number of hydrazine groups is 1. The smallest absolute Gasteiger partial charge is 0.224 e.